The number of fused-ring (bicyclic) bond motifs is 1. The Morgan fingerprint density at radius 1 is 1.36 bits per heavy atom. The van der Waals surface area contributed by atoms with Crippen LogP contribution >= 0.6 is 11.6 Å². The summed E-state index contributed by atoms with van der Waals surface area (Å²) in [6.07, 6.45) is -6.47. The summed E-state index contributed by atoms with van der Waals surface area (Å²) >= 11 is 6.17. The minimum absolute atomic E-state index is 0.0827. The van der Waals surface area contributed by atoms with Crippen LogP contribution in [0.5, 0.6) is 11.5 Å². The number of carboxylic acid groups (broad SMARTS) is 1. The molecule has 8 heteroatoms. The second-order valence-corrected chi connectivity index (χ2v) is 7.43. The van der Waals surface area contributed by atoms with E-state index in [0.29, 0.717) is 12.2 Å². The molecule has 2 rings (SSSR count). The number of hydrogen-bond donors (Lipinski definition) is 1. The van der Waals surface area contributed by atoms with Crippen LogP contribution in [0.15, 0.2) is 11.6 Å². The zero-order chi connectivity index (χ0) is 19.2. The van der Waals surface area contributed by atoms with Crippen molar-refractivity contribution >= 4 is 23.6 Å². The molecule has 138 valence electrons. The van der Waals surface area contributed by atoms with Crippen molar-refractivity contribution < 1.29 is 32.5 Å². The predicted octanol–water partition coefficient (Wildman–Crippen LogP) is 4.86. The number of carbonyl (C=O) groups is 1. The van der Waals surface area contributed by atoms with Crippen molar-refractivity contribution in [2.75, 3.05) is 6.61 Å². The molecule has 1 atom stereocenters. The van der Waals surface area contributed by atoms with Crippen LogP contribution in [-0.2, 0) is 4.79 Å². The lowest BCUT2D eigenvalue weighted by atomic mass is 9.97. The van der Waals surface area contributed by atoms with E-state index in [0.717, 1.165) is 6.08 Å². The molecule has 0 radical (unpaired) electrons. The van der Waals surface area contributed by atoms with Crippen LogP contribution in [0.1, 0.15) is 31.9 Å². The number of hydrogen-bond acceptors (Lipinski definition) is 3. The Hall–Kier alpha value is -1.89. The van der Waals surface area contributed by atoms with Crippen molar-refractivity contribution in [2.45, 2.75) is 40.0 Å². The van der Waals surface area contributed by atoms with Gasteiger partial charge in [0.05, 0.1) is 17.2 Å². The maximum Gasteiger partial charge on any atom is 0.430 e. The molecule has 1 unspecified atom stereocenters. The van der Waals surface area contributed by atoms with E-state index in [1.165, 1.54) is 13.0 Å². The maximum absolute atomic E-state index is 13.2. The van der Waals surface area contributed by atoms with Crippen LogP contribution in [0.4, 0.5) is 13.2 Å². The van der Waals surface area contributed by atoms with Crippen molar-refractivity contribution in [3.63, 3.8) is 0 Å². The largest absolute Gasteiger partial charge is 0.491 e. The molecule has 1 aromatic carbocycles. The topological polar surface area (TPSA) is 55.8 Å². The highest BCUT2D eigenvalue weighted by molar-refractivity contribution is 6.32. The molecular formula is C17H18ClF3O4. The summed E-state index contributed by atoms with van der Waals surface area (Å²) in [5.41, 5.74) is -0.610. The molecular weight excluding hydrogens is 361 g/mol. The molecule has 0 aliphatic carbocycles. The van der Waals surface area contributed by atoms with Gasteiger partial charge in [0.25, 0.3) is 0 Å². The third kappa shape index (κ3) is 4.21. The van der Waals surface area contributed by atoms with Gasteiger partial charge in [-0.3, -0.25) is 0 Å². The molecule has 1 aliphatic heterocycles. The van der Waals surface area contributed by atoms with E-state index >= 15 is 0 Å². The number of alkyl halides is 3. The van der Waals surface area contributed by atoms with Gasteiger partial charge in [-0.2, -0.15) is 13.2 Å². The van der Waals surface area contributed by atoms with Gasteiger partial charge < -0.3 is 14.6 Å². The van der Waals surface area contributed by atoms with E-state index in [9.17, 15) is 18.0 Å². The van der Waals surface area contributed by atoms with E-state index < -0.39 is 23.8 Å². The normalized spacial score (nSPS) is 17.4. The fraction of sp³-hybridized carbons (Fsp3) is 0.471. The van der Waals surface area contributed by atoms with Crippen molar-refractivity contribution in [3.05, 3.63) is 27.8 Å². The third-order valence-electron chi connectivity index (χ3n) is 3.47. The quantitative estimate of drug-likeness (QED) is 0.815. The molecule has 1 N–H and O–H groups in total. The van der Waals surface area contributed by atoms with Crippen LogP contribution < -0.4 is 9.47 Å². The number of carboxylic acids is 1. The summed E-state index contributed by atoms with van der Waals surface area (Å²) in [5.74, 6) is -1.56. The van der Waals surface area contributed by atoms with Gasteiger partial charge in [-0.15, -0.1) is 0 Å². The standard InChI is InChI=1S/C17H18ClF3O4/c1-8-12-9(6-11(18)13(8)24-7-16(2,3)4)5-10(15(22)23)14(25-12)17(19,20)21/h5-6,14H,7H2,1-4H3,(H,22,23). The van der Waals surface area contributed by atoms with E-state index in [1.807, 2.05) is 20.8 Å². The van der Waals surface area contributed by atoms with Gasteiger partial charge in [0.2, 0.25) is 6.10 Å². The molecule has 0 spiro atoms. The molecule has 1 aliphatic rings. The van der Waals surface area contributed by atoms with Gasteiger partial charge in [0, 0.05) is 11.1 Å². The number of ether oxygens (including phenoxy) is 2. The molecule has 25 heavy (non-hydrogen) atoms. The Bertz CT molecular complexity index is 733. The lowest BCUT2D eigenvalue weighted by Gasteiger charge is -2.29. The second-order valence-electron chi connectivity index (χ2n) is 7.02. The average Bonchev–Trinajstić information content (AvgIpc) is 2.43. The first-order valence-corrected chi connectivity index (χ1v) is 7.83. The van der Waals surface area contributed by atoms with Crippen LogP contribution in [-0.4, -0.2) is 30.0 Å². The van der Waals surface area contributed by atoms with Crippen molar-refractivity contribution in [1.82, 2.24) is 0 Å². The van der Waals surface area contributed by atoms with Crippen molar-refractivity contribution in [1.29, 1.82) is 0 Å². The van der Waals surface area contributed by atoms with Gasteiger partial charge in [-0.25, -0.2) is 4.79 Å². The number of rotatable bonds is 3. The maximum atomic E-state index is 13.2. The third-order valence-corrected chi connectivity index (χ3v) is 3.75. The highest BCUT2D eigenvalue weighted by atomic mass is 35.5. The number of halogens is 4. The van der Waals surface area contributed by atoms with Gasteiger partial charge in [0.15, 0.2) is 0 Å². The molecule has 0 bridgehead atoms. The van der Waals surface area contributed by atoms with Gasteiger partial charge in [0.1, 0.15) is 11.5 Å². The second kappa shape index (κ2) is 6.44. The monoisotopic (exact) mass is 378 g/mol. The molecule has 1 heterocycles. The summed E-state index contributed by atoms with van der Waals surface area (Å²) in [7, 11) is 0. The lowest BCUT2D eigenvalue weighted by molar-refractivity contribution is -0.187. The summed E-state index contributed by atoms with van der Waals surface area (Å²) in [4.78, 5) is 11.2. The average molecular weight is 379 g/mol. The minimum atomic E-state index is -4.86. The van der Waals surface area contributed by atoms with Gasteiger partial charge in [-0.1, -0.05) is 32.4 Å². The smallest absolute Gasteiger partial charge is 0.430 e. The first-order valence-electron chi connectivity index (χ1n) is 7.45. The van der Waals surface area contributed by atoms with E-state index in [2.05, 4.69) is 0 Å². The Morgan fingerprint density at radius 2 is 1.96 bits per heavy atom. The van der Waals surface area contributed by atoms with E-state index in [4.69, 9.17) is 26.2 Å². The van der Waals surface area contributed by atoms with E-state index in [1.54, 1.807) is 0 Å². The highest BCUT2D eigenvalue weighted by Crippen LogP contribution is 2.45. The molecule has 0 saturated carbocycles. The zero-order valence-corrected chi connectivity index (χ0v) is 14.9. The Kier molecular flexibility index (Phi) is 5.01. The van der Waals surface area contributed by atoms with Crippen LogP contribution in [0.25, 0.3) is 6.08 Å². The SMILES string of the molecule is Cc1c(OCC(C)(C)C)c(Cl)cc2c1OC(C(F)(F)F)C(C(=O)O)=C2. The number of benzene rings is 1. The summed E-state index contributed by atoms with van der Waals surface area (Å²) in [6, 6.07) is 1.34. The Balaban J connectivity index is 2.53. The van der Waals surface area contributed by atoms with Gasteiger partial charge >= 0.3 is 12.1 Å². The van der Waals surface area contributed by atoms with Crippen LogP contribution in [0.2, 0.25) is 5.02 Å². The summed E-state index contributed by atoms with van der Waals surface area (Å²) in [6.45, 7) is 7.63. The molecule has 0 saturated heterocycles. The van der Waals surface area contributed by atoms with Crippen LogP contribution in [0, 0.1) is 12.3 Å². The fourth-order valence-corrected chi connectivity index (χ4v) is 2.65. The van der Waals surface area contributed by atoms with Crippen LogP contribution in [0.3, 0.4) is 0 Å². The molecule has 0 amide bonds. The lowest BCUT2D eigenvalue weighted by Crippen LogP contribution is -2.40. The summed E-state index contributed by atoms with van der Waals surface area (Å²) < 4.78 is 50.2. The Morgan fingerprint density at radius 3 is 2.44 bits per heavy atom. The van der Waals surface area contributed by atoms with E-state index in [-0.39, 0.29) is 27.5 Å². The highest BCUT2D eigenvalue weighted by Gasteiger charge is 2.49. The molecule has 0 fully saturated rings. The first-order chi connectivity index (χ1) is 11.3. The van der Waals surface area contributed by atoms with Crippen molar-refractivity contribution in [3.8, 4) is 11.5 Å². The minimum Gasteiger partial charge on any atom is -0.491 e. The molecule has 4 nitrogen and oxygen atoms in total. The molecule has 1 aromatic rings. The fourth-order valence-electron chi connectivity index (χ4n) is 2.34. The van der Waals surface area contributed by atoms with Crippen molar-refractivity contribution in [2.24, 2.45) is 5.41 Å². The summed E-state index contributed by atoms with van der Waals surface area (Å²) in [5, 5.41) is 9.23. The Labute approximate surface area is 148 Å². The first kappa shape index (κ1) is 19.4. The number of aliphatic carboxylic acids is 1. The predicted molar refractivity (Wildman–Crippen MR) is 87.2 cm³/mol. The molecule has 0 aromatic heterocycles. The van der Waals surface area contributed by atoms with Gasteiger partial charge in [-0.05, 0) is 24.5 Å². The zero-order valence-electron chi connectivity index (χ0n) is 14.1.